The van der Waals surface area contributed by atoms with Crippen molar-refractivity contribution >= 4 is 11.9 Å². The summed E-state index contributed by atoms with van der Waals surface area (Å²) in [5.41, 5.74) is 1.13. The number of hydrogen-bond acceptors (Lipinski definition) is 4. The van der Waals surface area contributed by atoms with Crippen LogP contribution in [-0.4, -0.2) is 60.1 Å². The van der Waals surface area contributed by atoms with Crippen LogP contribution in [0.15, 0.2) is 24.3 Å². The minimum absolute atomic E-state index is 0.0396. The van der Waals surface area contributed by atoms with Gasteiger partial charge in [-0.15, -0.1) is 0 Å². The number of methoxy groups -OCH3 is 1. The Labute approximate surface area is 153 Å². The molecule has 3 aliphatic rings. The highest BCUT2D eigenvalue weighted by molar-refractivity contribution is 5.80. The van der Waals surface area contributed by atoms with Gasteiger partial charge in [-0.2, -0.15) is 0 Å². The van der Waals surface area contributed by atoms with Gasteiger partial charge in [-0.1, -0.05) is 18.6 Å². The second-order valence-corrected chi connectivity index (χ2v) is 7.85. The topological polar surface area (TPSA) is 70.1 Å². The van der Waals surface area contributed by atoms with Crippen molar-refractivity contribution in [1.82, 2.24) is 9.80 Å². The lowest BCUT2D eigenvalue weighted by Gasteiger charge is -2.35. The maximum absolute atomic E-state index is 13.0. The van der Waals surface area contributed by atoms with Crippen molar-refractivity contribution in [3.63, 3.8) is 0 Å². The first kappa shape index (κ1) is 17.3. The summed E-state index contributed by atoms with van der Waals surface area (Å²) in [4.78, 5) is 28.2. The van der Waals surface area contributed by atoms with Gasteiger partial charge in [0, 0.05) is 31.5 Å². The summed E-state index contributed by atoms with van der Waals surface area (Å²) in [6.07, 6.45) is 3.16. The Hall–Kier alpha value is -2.08. The van der Waals surface area contributed by atoms with Crippen LogP contribution >= 0.6 is 0 Å². The molecule has 4 rings (SSSR count). The van der Waals surface area contributed by atoms with Crippen molar-refractivity contribution in [2.45, 2.75) is 25.3 Å². The van der Waals surface area contributed by atoms with Crippen LogP contribution in [-0.2, 0) is 9.59 Å². The van der Waals surface area contributed by atoms with Crippen LogP contribution in [0.1, 0.15) is 30.9 Å². The molecule has 1 N–H and O–H groups in total. The van der Waals surface area contributed by atoms with Gasteiger partial charge in [-0.05, 0) is 36.5 Å². The van der Waals surface area contributed by atoms with E-state index in [0.29, 0.717) is 11.8 Å². The van der Waals surface area contributed by atoms with Crippen LogP contribution in [0, 0.1) is 17.8 Å². The largest absolute Gasteiger partial charge is 0.497 e. The number of nitrogens with zero attached hydrogens (tertiary/aromatic N) is 2. The third kappa shape index (κ3) is 3.07. The number of carbonyl (C=O) groups is 2. The molecule has 1 amide bonds. The molecule has 6 nitrogen and oxygen atoms in total. The first-order valence-corrected chi connectivity index (χ1v) is 9.45. The number of ether oxygens (including phenoxy) is 1. The highest BCUT2D eigenvalue weighted by Gasteiger charge is 2.50. The van der Waals surface area contributed by atoms with E-state index in [4.69, 9.17) is 9.84 Å². The normalized spacial score (nSPS) is 28.7. The van der Waals surface area contributed by atoms with Crippen LogP contribution in [0.25, 0.3) is 0 Å². The van der Waals surface area contributed by atoms with Gasteiger partial charge in [0.25, 0.3) is 0 Å². The Morgan fingerprint density at radius 1 is 1.15 bits per heavy atom. The van der Waals surface area contributed by atoms with Crippen LogP contribution in [0.5, 0.6) is 5.75 Å². The summed E-state index contributed by atoms with van der Waals surface area (Å²) in [6, 6.07) is 8.02. The average molecular weight is 358 g/mol. The van der Waals surface area contributed by atoms with E-state index in [2.05, 4.69) is 4.90 Å². The zero-order valence-corrected chi connectivity index (χ0v) is 15.1. The monoisotopic (exact) mass is 358 g/mol. The average Bonchev–Trinajstić information content (AvgIpc) is 3.09. The third-order valence-corrected chi connectivity index (χ3v) is 6.29. The van der Waals surface area contributed by atoms with E-state index < -0.39 is 5.97 Å². The first-order chi connectivity index (χ1) is 12.6. The summed E-state index contributed by atoms with van der Waals surface area (Å²) in [5.74, 6) is 1.14. The standard InChI is InChI=1S/C20H26N2O4/c1-26-16-7-5-13(6-8-16)19-17-11-21(12-18(23)24)9-15(17)10-22(19)20(25)14-3-2-4-14/h5-8,14-15,17,19H,2-4,9-12H2,1H3,(H,23,24)/t15-,17-,19-/m0/s1. The molecule has 26 heavy (non-hydrogen) atoms. The van der Waals surface area contributed by atoms with E-state index in [1.54, 1.807) is 7.11 Å². The van der Waals surface area contributed by atoms with Gasteiger partial charge in [-0.3, -0.25) is 14.5 Å². The lowest BCUT2D eigenvalue weighted by Crippen LogP contribution is -2.41. The fourth-order valence-corrected chi connectivity index (χ4v) is 4.80. The molecule has 2 aliphatic heterocycles. The Bertz CT molecular complexity index is 686. The number of hydrogen-bond donors (Lipinski definition) is 1. The Kier molecular flexibility index (Phi) is 4.61. The van der Waals surface area contributed by atoms with Gasteiger partial charge in [0.05, 0.1) is 19.7 Å². The van der Waals surface area contributed by atoms with Gasteiger partial charge in [0.2, 0.25) is 5.91 Å². The molecule has 3 atom stereocenters. The van der Waals surface area contributed by atoms with E-state index in [1.807, 2.05) is 29.2 Å². The molecule has 0 bridgehead atoms. The second kappa shape index (κ2) is 6.91. The Balaban J connectivity index is 1.59. The van der Waals surface area contributed by atoms with Crippen LogP contribution in [0.3, 0.4) is 0 Å². The van der Waals surface area contributed by atoms with E-state index in [1.165, 1.54) is 0 Å². The quantitative estimate of drug-likeness (QED) is 0.872. The minimum Gasteiger partial charge on any atom is -0.497 e. The SMILES string of the molecule is COc1ccc([C@H]2[C@H]3CN(CC(=O)O)C[C@H]3CN2C(=O)C2CCC2)cc1. The first-order valence-electron chi connectivity index (χ1n) is 9.45. The highest BCUT2D eigenvalue weighted by Crippen LogP contribution is 2.46. The molecule has 2 saturated heterocycles. The van der Waals surface area contributed by atoms with Crippen molar-refractivity contribution in [3.8, 4) is 5.75 Å². The minimum atomic E-state index is -0.784. The Morgan fingerprint density at radius 2 is 1.88 bits per heavy atom. The number of carboxylic acids is 1. The molecule has 1 aliphatic carbocycles. The van der Waals surface area contributed by atoms with Crippen molar-refractivity contribution in [1.29, 1.82) is 0 Å². The summed E-state index contributed by atoms with van der Waals surface area (Å²) in [7, 11) is 1.65. The number of amides is 1. The molecule has 0 aromatic heterocycles. The van der Waals surface area contributed by atoms with Crippen molar-refractivity contribution < 1.29 is 19.4 Å². The molecule has 0 unspecified atom stereocenters. The summed E-state index contributed by atoms with van der Waals surface area (Å²) in [6.45, 7) is 2.33. The molecular weight excluding hydrogens is 332 g/mol. The lowest BCUT2D eigenvalue weighted by molar-refractivity contribution is -0.141. The summed E-state index contributed by atoms with van der Waals surface area (Å²) >= 11 is 0. The van der Waals surface area contributed by atoms with E-state index >= 15 is 0 Å². The third-order valence-electron chi connectivity index (χ3n) is 6.29. The summed E-state index contributed by atoms with van der Waals surface area (Å²) < 4.78 is 5.26. The van der Waals surface area contributed by atoms with Crippen molar-refractivity contribution in [3.05, 3.63) is 29.8 Å². The van der Waals surface area contributed by atoms with Crippen LogP contribution < -0.4 is 4.74 Å². The number of rotatable bonds is 5. The van der Waals surface area contributed by atoms with Gasteiger partial charge in [0.1, 0.15) is 5.75 Å². The molecular formula is C20H26N2O4. The molecule has 2 heterocycles. The van der Waals surface area contributed by atoms with Gasteiger partial charge in [-0.25, -0.2) is 0 Å². The van der Waals surface area contributed by atoms with Crippen LogP contribution in [0.4, 0.5) is 0 Å². The van der Waals surface area contributed by atoms with Crippen molar-refractivity contribution in [2.75, 3.05) is 33.3 Å². The smallest absolute Gasteiger partial charge is 0.317 e. The van der Waals surface area contributed by atoms with E-state index in [-0.39, 0.29) is 24.4 Å². The predicted octanol–water partition coefficient (Wildman–Crippen LogP) is 2.01. The number of fused-ring (bicyclic) bond motifs is 1. The molecule has 0 spiro atoms. The molecule has 0 radical (unpaired) electrons. The molecule has 6 heteroatoms. The number of benzene rings is 1. The fourth-order valence-electron chi connectivity index (χ4n) is 4.80. The number of aliphatic carboxylic acids is 1. The fraction of sp³-hybridized carbons (Fsp3) is 0.600. The molecule has 3 fully saturated rings. The van der Waals surface area contributed by atoms with Crippen molar-refractivity contribution in [2.24, 2.45) is 17.8 Å². The highest BCUT2D eigenvalue weighted by atomic mass is 16.5. The van der Waals surface area contributed by atoms with Gasteiger partial charge < -0.3 is 14.7 Å². The maximum atomic E-state index is 13.0. The number of carboxylic acid groups (broad SMARTS) is 1. The zero-order valence-electron chi connectivity index (χ0n) is 15.1. The number of carbonyl (C=O) groups excluding carboxylic acids is 1. The molecule has 1 aromatic carbocycles. The Morgan fingerprint density at radius 3 is 2.46 bits per heavy atom. The zero-order chi connectivity index (χ0) is 18.3. The maximum Gasteiger partial charge on any atom is 0.317 e. The molecule has 140 valence electrons. The van der Waals surface area contributed by atoms with Crippen LogP contribution in [0.2, 0.25) is 0 Å². The van der Waals surface area contributed by atoms with Gasteiger partial charge >= 0.3 is 5.97 Å². The number of likely N-dealkylation sites (tertiary alicyclic amines) is 2. The second-order valence-electron chi connectivity index (χ2n) is 7.85. The van der Waals surface area contributed by atoms with E-state index in [0.717, 1.165) is 50.2 Å². The summed E-state index contributed by atoms with van der Waals surface area (Å²) in [5, 5.41) is 9.11. The molecule has 1 saturated carbocycles. The van der Waals surface area contributed by atoms with Gasteiger partial charge in [0.15, 0.2) is 0 Å². The predicted molar refractivity (Wildman–Crippen MR) is 95.8 cm³/mol. The van der Waals surface area contributed by atoms with E-state index in [9.17, 15) is 9.59 Å². The lowest BCUT2D eigenvalue weighted by atomic mass is 9.83. The molecule has 1 aromatic rings.